The zero-order chi connectivity index (χ0) is 12.3. The van der Waals surface area contributed by atoms with Gasteiger partial charge in [-0.25, -0.2) is 0 Å². The van der Waals surface area contributed by atoms with Gasteiger partial charge in [0.15, 0.2) is 0 Å². The van der Waals surface area contributed by atoms with Gasteiger partial charge in [0.05, 0.1) is 0 Å². The summed E-state index contributed by atoms with van der Waals surface area (Å²) in [5.74, 6) is 1.78. The van der Waals surface area contributed by atoms with Crippen molar-refractivity contribution in [2.24, 2.45) is 11.8 Å². The molecule has 0 aliphatic carbocycles. The summed E-state index contributed by atoms with van der Waals surface area (Å²) in [7, 11) is 2.34. The van der Waals surface area contributed by atoms with Crippen LogP contribution in [0.4, 0.5) is 0 Å². The Bertz CT molecular complexity index is 210. The summed E-state index contributed by atoms with van der Waals surface area (Å²) in [6.45, 7) is 7.08. The first kappa shape index (κ1) is 15.5. The van der Waals surface area contributed by atoms with Gasteiger partial charge in [-0.2, -0.15) is 0 Å². The number of hydrogen-bond donors (Lipinski definition) is 0. The van der Waals surface area contributed by atoms with Crippen molar-refractivity contribution in [3.8, 4) is 0 Å². The highest BCUT2D eigenvalue weighted by molar-refractivity contribution is 14.1. The third-order valence-electron chi connectivity index (χ3n) is 4.29. The van der Waals surface area contributed by atoms with Crippen LogP contribution in [0.15, 0.2) is 0 Å². The zero-order valence-electron chi connectivity index (χ0n) is 10.9. The quantitative estimate of drug-likeness (QED) is 0.446. The van der Waals surface area contributed by atoms with Crippen LogP contribution in [0.3, 0.4) is 0 Å². The highest BCUT2D eigenvalue weighted by Crippen LogP contribution is 2.40. The van der Waals surface area contributed by atoms with Crippen molar-refractivity contribution in [2.75, 3.05) is 11.5 Å². The van der Waals surface area contributed by atoms with Crippen molar-refractivity contribution in [1.82, 2.24) is 4.90 Å². The van der Waals surface area contributed by atoms with Crippen LogP contribution in [0.1, 0.15) is 40.0 Å². The fraction of sp³-hybridized carbons (Fsp3) is 1.00. The molecule has 1 aliphatic rings. The number of rotatable bonds is 5. The molecule has 3 heteroatoms. The van der Waals surface area contributed by atoms with Crippen molar-refractivity contribution in [3.63, 3.8) is 0 Å². The molecule has 96 valence electrons. The maximum Gasteiger partial charge on any atom is 0.0316 e. The molecule has 5 unspecified atom stereocenters. The van der Waals surface area contributed by atoms with E-state index in [1.165, 1.54) is 23.7 Å². The lowest BCUT2D eigenvalue weighted by Crippen LogP contribution is -2.36. The molecule has 1 nitrogen and oxygen atoms in total. The van der Waals surface area contributed by atoms with Crippen molar-refractivity contribution >= 4 is 45.2 Å². The van der Waals surface area contributed by atoms with Gasteiger partial charge >= 0.3 is 0 Å². The van der Waals surface area contributed by atoms with E-state index in [1.807, 2.05) is 0 Å². The molecule has 0 bridgehead atoms. The lowest BCUT2D eigenvalue weighted by Gasteiger charge is -2.28. The van der Waals surface area contributed by atoms with E-state index in [-0.39, 0.29) is 0 Å². The zero-order valence-corrected chi connectivity index (χ0v) is 15.2. The molecule has 1 heterocycles. The molecule has 1 saturated heterocycles. The smallest absolute Gasteiger partial charge is 0.0316 e. The van der Waals surface area contributed by atoms with Crippen LogP contribution in [0.25, 0.3) is 0 Å². The van der Waals surface area contributed by atoms with Gasteiger partial charge in [-0.05, 0) is 25.3 Å². The van der Waals surface area contributed by atoms with E-state index in [0.717, 1.165) is 27.8 Å². The Morgan fingerprint density at radius 1 is 1.25 bits per heavy atom. The van der Waals surface area contributed by atoms with E-state index >= 15 is 0 Å². The molecule has 0 N–H and O–H groups in total. The molecule has 5 atom stereocenters. The topological polar surface area (TPSA) is 3.24 Å². The number of alkyl halides is 2. The van der Waals surface area contributed by atoms with Gasteiger partial charge < -0.3 is 0 Å². The van der Waals surface area contributed by atoms with Gasteiger partial charge in [0.1, 0.15) is 0 Å². The normalized spacial score (nSPS) is 37.9. The van der Waals surface area contributed by atoms with Crippen molar-refractivity contribution in [2.45, 2.75) is 56.0 Å². The van der Waals surface area contributed by atoms with Crippen molar-refractivity contribution in [1.29, 1.82) is 0 Å². The predicted molar refractivity (Wildman–Crippen MR) is 89.9 cm³/mol. The van der Waals surface area contributed by atoms with Crippen LogP contribution in [0, 0.1) is 11.8 Å². The number of nitrogens with zero attached hydrogens (tertiary/aromatic N) is 1. The molecule has 16 heavy (non-hydrogen) atoms. The van der Waals surface area contributed by atoms with E-state index in [4.69, 9.17) is 0 Å². The monoisotopic (exact) mass is 449 g/mol. The summed E-state index contributed by atoms with van der Waals surface area (Å²) in [4.78, 5) is 2.67. The summed E-state index contributed by atoms with van der Waals surface area (Å²) >= 11 is 5.25. The predicted octanol–water partition coefficient (Wildman–Crippen LogP) is 4.37. The van der Waals surface area contributed by atoms with Gasteiger partial charge in [0.25, 0.3) is 0 Å². The summed E-state index contributed by atoms with van der Waals surface area (Å²) in [5, 5.41) is 0. The van der Waals surface area contributed by atoms with Crippen LogP contribution in [-0.2, 0) is 0 Å². The first-order valence-corrected chi connectivity index (χ1v) is 9.25. The SMILES string of the molecule is CCC(C)CC1C(CC)C(I)C(CI)N1C. The maximum atomic E-state index is 2.70. The largest absolute Gasteiger partial charge is 0.298 e. The Labute approximate surface area is 128 Å². The van der Waals surface area contributed by atoms with Gasteiger partial charge in [0, 0.05) is 20.4 Å². The molecule has 1 fully saturated rings. The van der Waals surface area contributed by atoms with Crippen molar-refractivity contribution in [3.05, 3.63) is 0 Å². The maximum absolute atomic E-state index is 2.70. The highest BCUT2D eigenvalue weighted by atomic mass is 127. The summed E-state index contributed by atoms with van der Waals surface area (Å²) in [5.41, 5.74) is 0. The van der Waals surface area contributed by atoms with Crippen LogP contribution in [0.5, 0.6) is 0 Å². The summed E-state index contributed by atoms with van der Waals surface area (Å²) in [6.07, 6.45) is 4.05. The van der Waals surface area contributed by atoms with E-state index in [1.54, 1.807) is 0 Å². The Kier molecular flexibility index (Phi) is 6.89. The lowest BCUT2D eigenvalue weighted by molar-refractivity contribution is 0.200. The first-order valence-electron chi connectivity index (χ1n) is 6.48. The van der Waals surface area contributed by atoms with Crippen LogP contribution in [-0.4, -0.2) is 32.4 Å². The lowest BCUT2D eigenvalue weighted by atomic mass is 9.89. The summed E-state index contributed by atoms with van der Waals surface area (Å²) < 4.78 is 2.12. The minimum absolute atomic E-state index is 0.792. The first-order chi connectivity index (χ1) is 7.56. The molecule has 1 aliphatic heterocycles. The molecular weight excluding hydrogens is 424 g/mol. The van der Waals surface area contributed by atoms with Crippen LogP contribution in [0.2, 0.25) is 0 Å². The highest BCUT2D eigenvalue weighted by Gasteiger charge is 2.44. The number of likely N-dealkylation sites (tertiary alicyclic amines) is 1. The van der Waals surface area contributed by atoms with Gasteiger partial charge in [-0.1, -0.05) is 78.8 Å². The van der Waals surface area contributed by atoms with Crippen LogP contribution < -0.4 is 0 Å². The van der Waals surface area contributed by atoms with Crippen molar-refractivity contribution < 1.29 is 0 Å². The number of hydrogen-bond acceptors (Lipinski definition) is 1. The Hall–Kier alpha value is 1.42. The van der Waals surface area contributed by atoms with E-state index in [9.17, 15) is 0 Å². The van der Waals surface area contributed by atoms with Gasteiger partial charge in [-0.15, -0.1) is 0 Å². The Morgan fingerprint density at radius 3 is 2.31 bits per heavy atom. The fourth-order valence-electron chi connectivity index (χ4n) is 2.88. The van der Waals surface area contributed by atoms with E-state index in [2.05, 4.69) is 77.9 Å². The Morgan fingerprint density at radius 2 is 1.88 bits per heavy atom. The Balaban J connectivity index is 2.73. The molecule has 0 aromatic rings. The molecule has 0 aromatic heterocycles. The minimum Gasteiger partial charge on any atom is -0.298 e. The average Bonchev–Trinajstić information content (AvgIpc) is 2.50. The van der Waals surface area contributed by atoms with Gasteiger partial charge in [-0.3, -0.25) is 4.90 Å². The second kappa shape index (κ2) is 7.12. The molecule has 0 radical (unpaired) electrons. The van der Waals surface area contributed by atoms with E-state index < -0.39 is 0 Å². The summed E-state index contributed by atoms with van der Waals surface area (Å²) in [6, 6.07) is 1.61. The molecule has 0 saturated carbocycles. The fourth-order valence-corrected chi connectivity index (χ4v) is 6.77. The van der Waals surface area contributed by atoms with Gasteiger partial charge in [0.2, 0.25) is 0 Å². The standard InChI is InChI=1S/C13H25I2N/c1-5-9(3)7-11-10(6-2)13(15)12(8-14)16(11)4/h9-13H,5-8H2,1-4H3. The number of halogens is 2. The molecule has 0 spiro atoms. The second-order valence-corrected chi connectivity index (χ2v) is 7.54. The third kappa shape index (κ3) is 3.25. The minimum atomic E-state index is 0.792. The van der Waals surface area contributed by atoms with E-state index in [0.29, 0.717) is 0 Å². The second-order valence-electron chi connectivity index (χ2n) is 5.22. The molecule has 0 amide bonds. The third-order valence-corrected chi connectivity index (χ3v) is 6.94. The molecule has 0 aromatic carbocycles. The molecule has 1 rings (SSSR count). The van der Waals surface area contributed by atoms with Crippen LogP contribution >= 0.6 is 45.2 Å². The molecular formula is C13H25I2N. The average molecular weight is 449 g/mol.